The van der Waals surface area contributed by atoms with E-state index in [1.807, 2.05) is 25.1 Å². The molecule has 0 atom stereocenters. The van der Waals surface area contributed by atoms with Gasteiger partial charge in [-0.3, -0.25) is 4.90 Å². The summed E-state index contributed by atoms with van der Waals surface area (Å²) in [6.07, 6.45) is 2.39. The van der Waals surface area contributed by atoms with E-state index >= 15 is 0 Å². The van der Waals surface area contributed by atoms with Crippen LogP contribution in [0.1, 0.15) is 30.1 Å². The molecule has 0 unspecified atom stereocenters. The number of hydrogen-bond acceptors (Lipinski definition) is 5. The molecule has 0 saturated carbocycles. The standard InChI is InChI=1S/C24H27N3O2/c1-18-25-23(21-7-9-22(28)10-8-21)17-24(26-18)29-16-15-27-13-11-20(12-14-27)19-5-3-2-4-6-19/h2-10,17,20,28H,11-16H2,1H3. The Morgan fingerprint density at radius 2 is 1.72 bits per heavy atom. The van der Waals surface area contributed by atoms with Gasteiger partial charge in [0.05, 0.1) is 5.69 Å². The Kier molecular flexibility index (Phi) is 6.06. The molecule has 2 aromatic carbocycles. The highest BCUT2D eigenvalue weighted by Gasteiger charge is 2.20. The maximum Gasteiger partial charge on any atom is 0.217 e. The number of rotatable bonds is 6. The molecule has 5 heteroatoms. The van der Waals surface area contributed by atoms with Crippen molar-refractivity contribution in [3.05, 3.63) is 72.1 Å². The zero-order chi connectivity index (χ0) is 20.1. The van der Waals surface area contributed by atoms with Crippen molar-refractivity contribution >= 4 is 0 Å². The van der Waals surface area contributed by atoms with Crippen LogP contribution in [-0.4, -0.2) is 46.2 Å². The largest absolute Gasteiger partial charge is 0.508 e. The lowest BCUT2D eigenvalue weighted by Gasteiger charge is -2.32. The molecule has 0 spiro atoms. The number of nitrogens with zero attached hydrogens (tertiary/aromatic N) is 3. The van der Waals surface area contributed by atoms with Gasteiger partial charge >= 0.3 is 0 Å². The monoisotopic (exact) mass is 389 g/mol. The lowest BCUT2D eigenvalue weighted by Crippen LogP contribution is -2.35. The highest BCUT2D eigenvalue weighted by Crippen LogP contribution is 2.27. The first kappa shape index (κ1) is 19.4. The van der Waals surface area contributed by atoms with Crippen molar-refractivity contribution in [3.8, 4) is 22.9 Å². The number of aromatic nitrogens is 2. The van der Waals surface area contributed by atoms with E-state index in [1.165, 1.54) is 18.4 Å². The summed E-state index contributed by atoms with van der Waals surface area (Å²) in [5.74, 6) is 2.19. The van der Waals surface area contributed by atoms with E-state index in [4.69, 9.17) is 4.74 Å². The number of hydrogen-bond donors (Lipinski definition) is 1. The molecule has 4 rings (SSSR count). The van der Waals surface area contributed by atoms with Crippen LogP contribution >= 0.6 is 0 Å². The molecule has 1 aliphatic rings. The zero-order valence-corrected chi connectivity index (χ0v) is 16.8. The summed E-state index contributed by atoms with van der Waals surface area (Å²) in [6.45, 7) is 5.58. The molecule has 5 nitrogen and oxygen atoms in total. The SMILES string of the molecule is Cc1nc(OCCN2CCC(c3ccccc3)CC2)cc(-c2ccc(O)cc2)n1. The summed E-state index contributed by atoms with van der Waals surface area (Å²) in [4.78, 5) is 11.4. The van der Waals surface area contributed by atoms with E-state index in [2.05, 4.69) is 45.2 Å². The first-order valence-corrected chi connectivity index (χ1v) is 10.2. The van der Waals surface area contributed by atoms with Crippen LogP contribution in [0.15, 0.2) is 60.7 Å². The molecule has 0 bridgehead atoms. The van der Waals surface area contributed by atoms with Crippen LogP contribution in [0, 0.1) is 6.92 Å². The number of ether oxygens (including phenoxy) is 1. The lowest BCUT2D eigenvalue weighted by molar-refractivity contribution is 0.171. The van der Waals surface area contributed by atoms with Gasteiger partial charge in [0.1, 0.15) is 18.2 Å². The Hall–Kier alpha value is -2.92. The van der Waals surface area contributed by atoms with Crippen molar-refractivity contribution in [2.45, 2.75) is 25.7 Å². The molecule has 1 aliphatic heterocycles. The predicted molar refractivity (Wildman–Crippen MR) is 114 cm³/mol. The molecular formula is C24H27N3O2. The topological polar surface area (TPSA) is 58.5 Å². The lowest BCUT2D eigenvalue weighted by atomic mass is 9.89. The van der Waals surface area contributed by atoms with E-state index in [-0.39, 0.29) is 5.75 Å². The van der Waals surface area contributed by atoms with Crippen LogP contribution in [0.25, 0.3) is 11.3 Å². The van der Waals surface area contributed by atoms with Crippen molar-refractivity contribution in [1.82, 2.24) is 14.9 Å². The van der Waals surface area contributed by atoms with Crippen molar-refractivity contribution in [3.63, 3.8) is 0 Å². The van der Waals surface area contributed by atoms with Gasteiger partial charge in [-0.25, -0.2) is 4.98 Å². The molecular weight excluding hydrogens is 362 g/mol. The quantitative estimate of drug-likeness (QED) is 0.676. The average Bonchev–Trinajstić information content (AvgIpc) is 2.75. The first-order valence-electron chi connectivity index (χ1n) is 10.2. The Morgan fingerprint density at radius 3 is 2.45 bits per heavy atom. The van der Waals surface area contributed by atoms with Crippen LogP contribution in [-0.2, 0) is 0 Å². The number of phenols is 1. The number of aryl methyl sites for hydroxylation is 1. The minimum atomic E-state index is 0.243. The maximum atomic E-state index is 9.47. The zero-order valence-electron chi connectivity index (χ0n) is 16.8. The fourth-order valence-electron chi connectivity index (χ4n) is 3.89. The Balaban J connectivity index is 1.29. The van der Waals surface area contributed by atoms with E-state index in [1.54, 1.807) is 12.1 Å². The second-order valence-electron chi connectivity index (χ2n) is 7.56. The molecule has 1 aromatic heterocycles. The second kappa shape index (κ2) is 9.05. The summed E-state index contributed by atoms with van der Waals surface area (Å²) in [5.41, 5.74) is 3.19. The molecule has 0 radical (unpaired) electrons. The summed E-state index contributed by atoms with van der Waals surface area (Å²) in [7, 11) is 0. The van der Waals surface area contributed by atoms with Crippen LogP contribution in [0.3, 0.4) is 0 Å². The normalized spacial score (nSPS) is 15.3. The van der Waals surface area contributed by atoms with Gasteiger partial charge in [-0.05, 0) is 68.6 Å². The number of likely N-dealkylation sites (tertiary alicyclic amines) is 1. The summed E-state index contributed by atoms with van der Waals surface area (Å²) < 4.78 is 5.94. The number of aromatic hydroxyl groups is 1. The molecule has 0 aliphatic carbocycles. The van der Waals surface area contributed by atoms with Gasteiger partial charge in [-0.15, -0.1) is 0 Å². The highest BCUT2D eigenvalue weighted by molar-refractivity contribution is 5.60. The minimum absolute atomic E-state index is 0.243. The van der Waals surface area contributed by atoms with Gasteiger partial charge < -0.3 is 9.84 Å². The average molecular weight is 389 g/mol. The predicted octanol–water partition coefficient (Wildman–Crippen LogP) is 4.42. The number of benzene rings is 2. The third kappa shape index (κ3) is 5.12. The van der Waals surface area contributed by atoms with Gasteiger partial charge in [-0.2, -0.15) is 4.98 Å². The molecule has 0 amide bonds. The van der Waals surface area contributed by atoms with Crippen LogP contribution in [0.4, 0.5) is 0 Å². The molecule has 150 valence electrons. The van der Waals surface area contributed by atoms with Crippen molar-refractivity contribution < 1.29 is 9.84 Å². The van der Waals surface area contributed by atoms with E-state index in [0.717, 1.165) is 30.9 Å². The van der Waals surface area contributed by atoms with Gasteiger partial charge in [0.15, 0.2) is 0 Å². The minimum Gasteiger partial charge on any atom is -0.508 e. The van der Waals surface area contributed by atoms with E-state index in [9.17, 15) is 5.11 Å². The fourth-order valence-corrected chi connectivity index (χ4v) is 3.89. The molecule has 3 aromatic rings. The smallest absolute Gasteiger partial charge is 0.217 e. The van der Waals surface area contributed by atoms with Gasteiger partial charge in [0, 0.05) is 18.2 Å². The molecule has 29 heavy (non-hydrogen) atoms. The second-order valence-corrected chi connectivity index (χ2v) is 7.56. The molecule has 2 heterocycles. The Morgan fingerprint density at radius 1 is 1.00 bits per heavy atom. The maximum absolute atomic E-state index is 9.47. The third-order valence-corrected chi connectivity index (χ3v) is 5.49. The third-order valence-electron chi connectivity index (χ3n) is 5.49. The summed E-state index contributed by atoms with van der Waals surface area (Å²) in [5, 5.41) is 9.47. The molecule has 1 saturated heterocycles. The van der Waals surface area contributed by atoms with Gasteiger partial charge in [0.25, 0.3) is 0 Å². The summed E-state index contributed by atoms with van der Waals surface area (Å²) >= 11 is 0. The Bertz CT molecular complexity index is 921. The van der Waals surface area contributed by atoms with Crippen LogP contribution < -0.4 is 4.74 Å². The highest BCUT2D eigenvalue weighted by atomic mass is 16.5. The molecule has 1 N–H and O–H groups in total. The van der Waals surface area contributed by atoms with E-state index < -0.39 is 0 Å². The van der Waals surface area contributed by atoms with Gasteiger partial charge in [0.2, 0.25) is 5.88 Å². The van der Waals surface area contributed by atoms with Crippen molar-refractivity contribution in [1.29, 1.82) is 0 Å². The number of phenolic OH excluding ortho intramolecular Hbond substituents is 1. The van der Waals surface area contributed by atoms with Crippen LogP contribution in [0.2, 0.25) is 0 Å². The van der Waals surface area contributed by atoms with Crippen molar-refractivity contribution in [2.24, 2.45) is 0 Å². The fraction of sp³-hybridized carbons (Fsp3) is 0.333. The van der Waals surface area contributed by atoms with Gasteiger partial charge in [-0.1, -0.05) is 30.3 Å². The van der Waals surface area contributed by atoms with Crippen LogP contribution in [0.5, 0.6) is 11.6 Å². The summed E-state index contributed by atoms with van der Waals surface area (Å²) in [6, 6.07) is 19.7. The first-order chi connectivity index (χ1) is 14.2. The number of piperidine rings is 1. The van der Waals surface area contributed by atoms with E-state index in [0.29, 0.717) is 24.2 Å². The Labute approximate surface area is 172 Å². The van der Waals surface area contributed by atoms with Crippen molar-refractivity contribution in [2.75, 3.05) is 26.2 Å². The molecule has 1 fully saturated rings.